The SMILES string of the molecule is CC(=O)N1CCC(N(CCNC(=O)c2cc(C3CC3)[nH]n2)C2CCOCC2)CC1. The van der Waals surface area contributed by atoms with Crippen molar-refractivity contribution >= 4 is 11.8 Å². The van der Waals surface area contributed by atoms with Crippen LogP contribution in [0.3, 0.4) is 0 Å². The largest absolute Gasteiger partial charge is 0.381 e. The number of carbonyl (C=O) groups excluding carboxylic acids is 2. The van der Waals surface area contributed by atoms with Crippen molar-refractivity contribution in [3.63, 3.8) is 0 Å². The van der Waals surface area contributed by atoms with Crippen LogP contribution in [0.1, 0.15) is 67.5 Å². The average Bonchev–Trinajstić information content (AvgIpc) is 3.48. The Balaban J connectivity index is 1.31. The topological polar surface area (TPSA) is 90.6 Å². The van der Waals surface area contributed by atoms with Gasteiger partial charge in [-0.15, -0.1) is 0 Å². The third kappa shape index (κ3) is 5.17. The molecule has 3 fully saturated rings. The number of aromatic nitrogens is 2. The van der Waals surface area contributed by atoms with Crippen LogP contribution >= 0.6 is 0 Å². The van der Waals surface area contributed by atoms with Crippen LogP contribution in [0, 0.1) is 0 Å². The Labute approximate surface area is 172 Å². The number of nitrogens with zero attached hydrogens (tertiary/aromatic N) is 3. The molecule has 2 aliphatic heterocycles. The standard InChI is InChI=1S/C21H33N5O3/c1-15(27)25-9-4-17(5-10-25)26(18-6-12-29-13-7-18)11-8-22-21(28)20-14-19(23-24-20)16-2-3-16/h14,16-18H,2-13H2,1H3,(H,22,28)(H,23,24). The van der Waals surface area contributed by atoms with Crippen LogP contribution in [0.25, 0.3) is 0 Å². The summed E-state index contributed by atoms with van der Waals surface area (Å²) < 4.78 is 5.55. The van der Waals surface area contributed by atoms with E-state index in [1.54, 1.807) is 6.92 Å². The second-order valence-corrected chi connectivity index (χ2v) is 8.56. The Morgan fingerprint density at radius 1 is 1.17 bits per heavy atom. The third-order valence-corrected chi connectivity index (χ3v) is 6.54. The lowest BCUT2D eigenvalue weighted by atomic mass is 9.98. The molecule has 3 aliphatic rings. The highest BCUT2D eigenvalue weighted by atomic mass is 16.5. The van der Waals surface area contributed by atoms with Crippen molar-refractivity contribution in [3.8, 4) is 0 Å². The number of ether oxygens (including phenoxy) is 1. The lowest BCUT2D eigenvalue weighted by Gasteiger charge is -2.43. The molecule has 29 heavy (non-hydrogen) atoms. The summed E-state index contributed by atoms with van der Waals surface area (Å²) in [4.78, 5) is 28.6. The Morgan fingerprint density at radius 2 is 1.86 bits per heavy atom. The molecule has 1 saturated carbocycles. The minimum absolute atomic E-state index is 0.105. The van der Waals surface area contributed by atoms with Gasteiger partial charge in [-0.3, -0.25) is 19.6 Å². The zero-order valence-electron chi connectivity index (χ0n) is 17.4. The summed E-state index contributed by atoms with van der Waals surface area (Å²) in [6, 6.07) is 2.83. The second kappa shape index (κ2) is 9.26. The van der Waals surface area contributed by atoms with Crippen molar-refractivity contribution in [2.24, 2.45) is 0 Å². The normalized spacial score (nSPS) is 21.5. The molecule has 0 atom stereocenters. The van der Waals surface area contributed by atoms with Crippen LogP contribution in [0.15, 0.2) is 6.07 Å². The number of nitrogens with one attached hydrogen (secondary N) is 2. The fourth-order valence-corrected chi connectivity index (χ4v) is 4.64. The van der Waals surface area contributed by atoms with Crippen molar-refractivity contribution in [1.29, 1.82) is 0 Å². The summed E-state index contributed by atoms with van der Waals surface area (Å²) in [6.07, 6.45) is 6.43. The predicted molar refractivity (Wildman–Crippen MR) is 109 cm³/mol. The van der Waals surface area contributed by atoms with Crippen LogP contribution < -0.4 is 5.32 Å². The monoisotopic (exact) mass is 403 g/mol. The van der Waals surface area contributed by atoms with Crippen molar-refractivity contribution in [1.82, 2.24) is 25.3 Å². The highest BCUT2D eigenvalue weighted by Gasteiger charge is 2.31. The molecule has 2 amide bonds. The molecule has 1 aromatic heterocycles. The van der Waals surface area contributed by atoms with Gasteiger partial charge in [-0.1, -0.05) is 0 Å². The molecule has 1 aliphatic carbocycles. The second-order valence-electron chi connectivity index (χ2n) is 8.56. The van der Waals surface area contributed by atoms with Crippen molar-refractivity contribution in [2.75, 3.05) is 39.4 Å². The van der Waals surface area contributed by atoms with Gasteiger partial charge in [0.2, 0.25) is 5.91 Å². The summed E-state index contributed by atoms with van der Waals surface area (Å²) in [5.41, 5.74) is 1.57. The molecule has 0 bridgehead atoms. The Morgan fingerprint density at radius 3 is 2.52 bits per heavy atom. The molecule has 1 aromatic rings. The van der Waals surface area contributed by atoms with Crippen LogP contribution in [-0.2, 0) is 9.53 Å². The Hall–Kier alpha value is -1.93. The minimum Gasteiger partial charge on any atom is -0.381 e. The fourth-order valence-electron chi connectivity index (χ4n) is 4.64. The number of likely N-dealkylation sites (tertiary alicyclic amines) is 1. The van der Waals surface area contributed by atoms with E-state index in [4.69, 9.17) is 4.74 Å². The number of carbonyl (C=O) groups is 2. The number of amides is 2. The maximum Gasteiger partial charge on any atom is 0.271 e. The molecule has 2 N–H and O–H groups in total. The van der Waals surface area contributed by atoms with Gasteiger partial charge in [0.15, 0.2) is 0 Å². The van der Waals surface area contributed by atoms with Gasteiger partial charge in [-0.2, -0.15) is 5.10 Å². The van der Waals surface area contributed by atoms with Gasteiger partial charge in [0, 0.05) is 70.0 Å². The highest BCUT2D eigenvalue weighted by Crippen LogP contribution is 2.38. The Kier molecular flexibility index (Phi) is 6.50. The van der Waals surface area contributed by atoms with Gasteiger partial charge in [0.25, 0.3) is 5.91 Å². The van der Waals surface area contributed by atoms with E-state index in [1.807, 2.05) is 11.0 Å². The van der Waals surface area contributed by atoms with E-state index in [0.717, 1.165) is 64.2 Å². The number of aromatic amines is 1. The van der Waals surface area contributed by atoms with Gasteiger partial charge >= 0.3 is 0 Å². The van der Waals surface area contributed by atoms with Crippen molar-refractivity contribution in [2.45, 2.75) is 63.5 Å². The summed E-state index contributed by atoms with van der Waals surface area (Å²) in [5.74, 6) is 0.623. The van der Waals surface area contributed by atoms with Crippen molar-refractivity contribution < 1.29 is 14.3 Å². The Bertz CT molecular complexity index is 703. The maximum absolute atomic E-state index is 12.5. The van der Waals surface area contributed by atoms with Gasteiger partial charge in [-0.05, 0) is 44.6 Å². The first-order chi connectivity index (χ1) is 14.1. The average molecular weight is 404 g/mol. The third-order valence-electron chi connectivity index (χ3n) is 6.54. The van der Waals surface area contributed by atoms with Crippen LogP contribution in [0.4, 0.5) is 0 Å². The van der Waals surface area contributed by atoms with E-state index in [-0.39, 0.29) is 11.8 Å². The molecule has 0 radical (unpaired) electrons. The van der Waals surface area contributed by atoms with E-state index >= 15 is 0 Å². The highest BCUT2D eigenvalue weighted by molar-refractivity contribution is 5.92. The van der Waals surface area contributed by atoms with Crippen LogP contribution in [0.2, 0.25) is 0 Å². The number of hydrogen-bond acceptors (Lipinski definition) is 5. The van der Waals surface area contributed by atoms with E-state index in [9.17, 15) is 9.59 Å². The number of H-pyrrole nitrogens is 1. The summed E-state index contributed by atoms with van der Waals surface area (Å²) in [7, 11) is 0. The van der Waals surface area contributed by atoms with Gasteiger partial charge in [0.1, 0.15) is 5.69 Å². The van der Waals surface area contributed by atoms with E-state index in [0.29, 0.717) is 30.2 Å². The molecule has 2 saturated heterocycles. The van der Waals surface area contributed by atoms with Crippen molar-refractivity contribution in [3.05, 3.63) is 17.5 Å². The number of hydrogen-bond donors (Lipinski definition) is 2. The molecule has 0 spiro atoms. The van der Waals surface area contributed by atoms with Gasteiger partial charge in [0.05, 0.1) is 0 Å². The van der Waals surface area contributed by atoms with Crippen LogP contribution in [0.5, 0.6) is 0 Å². The molecule has 8 heteroatoms. The zero-order valence-corrected chi connectivity index (χ0v) is 17.4. The first-order valence-electron chi connectivity index (χ1n) is 11.0. The maximum atomic E-state index is 12.5. The molecule has 4 rings (SSSR count). The predicted octanol–water partition coefficient (Wildman–Crippen LogP) is 1.51. The first kappa shape index (κ1) is 20.3. The molecule has 0 aromatic carbocycles. The molecule has 3 heterocycles. The number of piperidine rings is 1. The zero-order chi connectivity index (χ0) is 20.2. The molecular weight excluding hydrogens is 370 g/mol. The summed E-state index contributed by atoms with van der Waals surface area (Å²) >= 11 is 0. The van der Waals surface area contributed by atoms with E-state index in [2.05, 4.69) is 20.4 Å². The van der Waals surface area contributed by atoms with Gasteiger partial charge in [-0.25, -0.2) is 0 Å². The summed E-state index contributed by atoms with van der Waals surface area (Å²) in [5, 5.41) is 10.2. The number of rotatable bonds is 7. The fraction of sp³-hybridized carbons (Fsp3) is 0.762. The lowest BCUT2D eigenvalue weighted by Crippen LogP contribution is -2.53. The summed E-state index contributed by atoms with van der Waals surface area (Å²) in [6.45, 7) is 6.33. The van der Waals surface area contributed by atoms with E-state index < -0.39 is 0 Å². The molecule has 8 nitrogen and oxygen atoms in total. The minimum atomic E-state index is -0.105. The van der Waals surface area contributed by atoms with E-state index in [1.165, 1.54) is 12.8 Å². The smallest absolute Gasteiger partial charge is 0.271 e. The van der Waals surface area contributed by atoms with Gasteiger partial charge < -0.3 is 15.0 Å². The molecular formula is C21H33N5O3. The quantitative estimate of drug-likeness (QED) is 0.720. The molecule has 0 unspecified atom stereocenters. The van der Waals surface area contributed by atoms with Crippen LogP contribution in [-0.4, -0.2) is 83.3 Å². The first-order valence-corrected chi connectivity index (χ1v) is 11.0. The lowest BCUT2D eigenvalue weighted by molar-refractivity contribution is -0.130. The molecule has 160 valence electrons.